The Morgan fingerprint density at radius 1 is 1.31 bits per heavy atom. The summed E-state index contributed by atoms with van der Waals surface area (Å²) in [5.41, 5.74) is 0. The van der Waals surface area contributed by atoms with Crippen LogP contribution in [0.3, 0.4) is 0 Å². The lowest BCUT2D eigenvalue weighted by atomic mass is 9.89. The number of rotatable bonds is 2. The fourth-order valence-electron chi connectivity index (χ4n) is 1.71. The van der Waals surface area contributed by atoms with Gasteiger partial charge in [-0.1, -0.05) is 31.3 Å². The molecule has 0 aromatic rings. The molecule has 1 fully saturated rings. The van der Waals surface area contributed by atoms with E-state index in [9.17, 15) is 4.79 Å². The topological polar surface area (TPSA) is 17.1 Å². The SMILES string of the molecule is CC#CC(=O)/C=C/C1CCCCC1. The highest BCUT2D eigenvalue weighted by atomic mass is 16.1. The molecule has 0 aromatic heterocycles. The van der Waals surface area contributed by atoms with Crippen molar-refractivity contribution in [2.24, 2.45) is 5.92 Å². The van der Waals surface area contributed by atoms with Crippen LogP contribution in [0, 0.1) is 17.8 Å². The van der Waals surface area contributed by atoms with Gasteiger partial charge in [-0.2, -0.15) is 0 Å². The number of hydrogen-bond acceptors (Lipinski definition) is 1. The molecule has 1 rings (SSSR count). The van der Waals surface area contributed by atoms with Crippen LogP contribution in [-0.4, -0.2) is 5.78 Å². The summed E-state index contributed by atoms with van der Waals surface area (Å²) < 4.78 is 0. The largest absolute Gasteiger partial charge is 0.280 e. The van der Waals surface area contributed by atoms with E-state index >= 15 is 0 Å². The first-order valence-corrected chi connectivity index (χ1v) is 4.98. The zero-order valence-electron chi connectivity index (χ0n) is 8.18. The van der Waals surface area contributed by atoms with E-state index in [0.29, 0.717) is 5.92 Å². The van der Waals surface area contributed by atoms with Crippen molar-refractivity contribution in [3.8, 4) is 11.8 Å². The standard InChI is InChI=1S/C12H16O/c1-2-6-12(13)10-9-11-7-4-3-5-8-11/h9-11H,3-5,7-8H2,1H3/b10-9+. The Hall–Kier alpha value is -1.03. The van der Waals surface area contributed by atoms with Crippen molar-refractivity contribution < 1.29 is 4.79 Å². The summed E-state index contributed by atoms with van der Waals surface area (Å²) in [6.07, 6.45) is 10.1. The van der Waals surface area contributed by atoms with Gasteiger partial charge < -0.3 is 0 Å². The molecule has 0 aromatic carbocycles. The van der Waals surface area contributed by atoms with E-state index in [0.717, 1.165) is 0 Å². The van der Waals surface area contributed by atoms with E-state index in [-0.39, 0.29) is 5.78 Å². The molecular weight excluding hydrogens is 160 g/mol. The van der Waals surface area contributed by atoms with Gasteiger partial charge in [0.05, 0.1) is 0 Å². The van der Waals surface area contributed by atoms with Gasteiger partial charge in [0, 0.05) is 0 Å². The van der Waals surface area contributed by atoms with Gasteiger partial charge in [0.25, 0.3) is 0 Å². The Labute approximate surface area is 80.2 Å². The highest BCUT2D eigenvalue weighted by Crippen LogP contribution is 2.24. The van der Waals surface area contributed by atoms with E-state index in [1.165, 1.54) is 32.1 Å². The predicted molar refractivity (Wildman–Crippen MR) is 54.2 cm³/mol. The molecule has 1 saturated carbocycles. The smallest absolute Gasteiger partial charge is 0.228 e. The molecule has 0 amide bonds. The lowest BCUT2D eigenvalue weighted by Crippen LogP contribution is -2.03. The van der Waals surface area contributed by atoms with Crippen molar-refractivity contribution in [2.45, 2.75) is 39.0 Å². The molecule has 0 radical (unpaired) electrons. The lowest BCUT2D eigenvalue weighted by Gasteiger charge is -2.17. The second-order valence-electron chi connectivity index (χ2n) is 3.50. The maximum atomic E-state index is 11.0. The minimum Gasteiger partial charge on any atom is -0.280 e. The van der Waals surface area contributed by atoms with Gasteiger partial charge in [0.15, 0.2) is 0 Å². The summed E-state index contributed by atoms with van der Waals surface area (Å²) in [4.78, 5) is 11.0. The number of ketones is 1. The fourth-order valence-corrected chi connectivity index (χ4v) is 1.71. The molecule has 0 spiro atoms. The van der Waals surface area contributed by atoms with Gasteiger partial charge in [-0.05, 0) is 37.7 Å². The second kappa shape index (κ2) is 5.59. The molecule has 0 heterocycles. The Morgan fingerprint density at radius 3 is 2.62 bits per heavy atom. The van der Waals surface area contributed by atoms with Gasteiger partial charge in [-0.15, -0.1) is 0 Å². The van der Waals surface area contributed by atoms with Crippen LogP contribution in [0.4, 0.5) is 0 Å². The van der Waals surface area contributed by atoms with Crippen LogP contribution in [0.15, 0.2) is 12.2 Å². The van der Waals surface area contributed by atoms with Crippen LogP contribution in [0.2, 0.25) is 0 Å². The van der Waals surface area contributed by atoms with Gasteiger partial charge in [-0.25, -0.2) is 0 Å². The Balaban J connectivity index is 2.36. The molecule has 1 heteroatoms. The minimum absolute atomic E-state index is 0.0620. The molecule has 0 unspecified atom stereocenters. The molecule has 1 nitrogen and oxygen atoms in total. The van der Waals surface area contributed by atoms with E-state index < -0.39 is 0 Å². The summed E-state index contributed by atoms with van der Waals surface area (Å²) in [5.74, 6) is 5.67. The van der Waals surface area contributed by atoms with E-state index in [2.05, 4.69) is 11.8 Å². The average molecular weight is 176 g/mol. The first-order chi connectivity index (χ1) is 6.33. The van der Waals surface area contributed by atoms with Gasteiger partial charge >= 0.3 is 0 Å². The van der Waals surface area contributed by atoms with Crippen molar-refractivity contribution in [1.29, 1.82) is 0 Å². The Morgan fingerprint density at radius 2 is 2.00 bits per heavy atom. The maximum absolute atomic E-state index is 11.0. The third-order valence-corrected chi connectivity index (χ3v) is 2.42. The summed E-state index contributed by atoms with van der Waals surface area (Å²) in [5, 5.41) is 0. The molecule has 0 N–H and O–H groups in total. The lowest BCUT2D eigenvalue weighted by molar-refractivity contribution is -0.109. The van der Waals surface area contributed by atoms with Crippen LogP contribution in [0.5, 0.6) is 0 Å². The summed E-state index contributed by atoms with van der Waals surface area (Å²) in [7, 11) is 0. The number of carbonyl (C=O) groups excluding carboxylic acids is 1. The third-order valence-electron chi connectivity index (χ3n) is 2.42. The highest BCUT2D eigenvalue weighted by molar-refractivity contribution is 6.04. The van der Waals surface area contributed by atoms with Gasteiger partial charge in [-0.3, -0.25) is 4.79 Å². The monoisotopic (exact) mass is 176 g/mol. The molecule has 1 aliphatic carbocycles. The van der Waals surface area contributed by atoms with Gasteiger partial charge in [0.1, 0.15) is 0 Å². The van der Waals surface area contributed by atoms with E-state index in [1.807, 2.05) is 6.08 Å². The van der Waals surface area contributed by atoms with Crippen molar-refractivity contribution in [3.63, 3.8) is 0 Å². The first-order valence-electron chi connectivity index (χ1n) is 4.98. The molecule has 0 bridgehead atoms. The Bertz CT molecular complexity index is 246. The zero-order chi connectivity index (χ0) is 9.52. The maximum Gasteiger partial charge on any atom is 0.228 e. The molecule has 0 saturated heterocycles. The van der Waals surface area contributed by atoms with Crippen LogP contribution >= 0.6 is 0 Å². The summed E-state index contributed by atoms with van der Waals surface area (Å²) in [6, 6.07) is 0. The molecular formula is C12H16O. The second-order valence-corrected chi connectivity index (χ2v) is 3.50. The van der Waals surface area contributed by atoms with E-state index in [1.54, 1.807) is 13.0 Å². The molecule has 1 aliphatic rings. The fraction of sp³-hybridized carbons (Fsp3) is 0.583. The van der Waals surface area contributed by atoms with E-state index in [4.69, 9.17) is 0 Å². The molecule has 0 atom stereocenters. The number of carbonyl (C=O) groups is 1. The van der Waals surface area contributed by atoms with Crippen LogP contribution in [0.1, 0.15) is 39.0 Å². The van der Waals surface area contributed by atoms with Crippen LogP contribution < -0.4 is 0 Å². The Kier molecular flexibility index (Phi) is 4.32. The molecule has 70 valence electrons. The zero-order valence-corrected chi connectivity index (χ0v) is 8.18. The summed E-state index contributed by atoms with van der Waals surface area (Å²) in [6.45, 7) is 1.69. The third kappa shape index (κ3) is 3.94. The van der Waals surface area contributed by atoms with Gasteiger partial charge in [0.2, 0.25) is 5.78 Å². The number of hydrogen-bond donors (Lipinski definition) is 0. The quantitative estimate of drug-likeness (QED) is 0.359. The van der Waals surface area contributed by atoms with Crippen molar-refractivity contribution >= 4 is 5.78 Å². The highest BCUT2D eigenvalue weighted by Gasteiger charge is 2.09. The van der Waals surface area contributed by atoms with Crippen molar-refractivity contribution in [3.05, 3.63) is 12.2 Å². The first kappa shape index (κ1) is 10.1. The number of allylic oxidation sites excluding steroid dienone is 2. The van der Waals surface area contributed by atoms with Crippen LogP contribution in [0.25, 0.3) is 0 Å². The predicted octanol–water partition coefficient (Wildman–Crippen LogP) is 2.72. The molecule has 0 aliphatic heterocycles. The van der Waals surface area contributed by atoms with Crippen molar-refractivity contribution in [1.82, 2.24) is 0 Å². The van der Waals surface area contributed by atoms with Crippen molar-refractivity contribution in [2.75, 3.05) is 0 Å². The summed E-state index contributed by atoms with van der Waals surface area (Å²) >= 11 is 0. The van der Waals surface area contributed by atoms with Crippen LogP contribution in [-0.2, 0) is 4.79 Å². The normalized spacial score (nSPS) is 18.2. The average Bonchev–Trinajstić information content (AvgIpc) is 2.17. The minimum atomic E-state index is -0.0620. The molecule has 13 heavy (non-hydrogen) atoms.